The maximum absolute atomic E-state index is 12.5. The highest BCUT2D eigenvalue weighted by Crippen LogP contribution is 2.44. The first kappa shape index (κ1) is 29.6. The number of hydrogen-bond donors (Lipinski definition) is 0. The minimum absolute atomic E-state index is 0.101. The first-order chi connectivity index (χ1) is 17.4. The van der Waals surface area contributed by atoms with E-state index in [2.05, 4.69) is 95.5 Å². The van der Waals surface area contributed by atoms with Crippen molar-refractivity contribution in [1.82, 2.24) is 0 Å². The maximum atomic E-state index is 12.5. The SMILES string of the molecule is C/C=C/C[C@H]1CCC(=O)C[C@@H]1c1ccc(C(C)(C)CCCCCC)cc1OCc1ccccc1.C=C. The Bertz CT molecular complexity index is 941. The van der Waals surface area contributed by atoms with Crippen molar-refractivity contribution in [2.75, 3.05) is 0 Å². The Hall–Kier alpha value is -2.61. The summed E-state index contributed by atoms with van der Waals surface area (Å²) in [7, 11) is 0. The van der Waals surface area contributed by atoms with Crippen LogP contribution in [0.2, 0.25) is 0 Å². The lowest BCUT2D eigenvalue weighted by atomic mass is 9.72. The van der Waals surface area contributed by atoms with E-state index in [9.17, 15) is 4.79 Å². The summed E-state index contributed by atoms with van der Waals surface area (Å²) in [4.78, 5) is 12.5. The molecule has 0 N–H and O–H groups in total. The van der Waals surface area contributed by atoms with E-state index in [1.807, 2.05) is 6.07 Å². The molecular weight excluding hydrogens is 440 g/mol. The molecule has 0 heterocycles. The number of hydrogen-bond acceptors (Lipinski definition) is 2. The lowest BCUT2D eigenvalue weighted by Gasteiger charge is -2.33. The highest BCUT2D eigenvalue weighted by molar-refractivity contribution is 5.80. The summed E-state index contributed by atoms with van der Waals surface area (Å²) in [5, 5.41) is 0. The van der Waals surface area contributed by atoms with E-state index in [0.717, 1.165) is 18.6 Å². The van der Waals surface area contributed by atoms with E-state index in [4.69, 9.17) is 4.74 Å². The molecule has 2 atom stereocenters. The third-order valence-electron chi connectivity index (χ3n) is 7.57. The fourth-order valence-electron chi connectivity index (χ4n) is 5.28. The molecule has 0 amide bonds. The number of rotatable bonds is 12. The average molecular weight is 489 g/mol. The minimum Gasteiger partial charge on any atom is -0.489 e. The van der Waals surface area contributed by atoms with Crippen LogP contribution in [-0.4, -0.2) is 5.78 Å². The molecular formula is C34H48O2. The summed E-state index contributed by atoms with van der Waals surface area (Å²) >= 11 is 0. The Balaban J connectivity index is 0.00000222. The van der Waals surface area contributed by atoms with E-state index >= 15 is 0 Å². The van der Waals surface area contributed by atoms with Gasteiger partial charge in [0.2, 0.25) is 0 Å². The largest absolute Gasteiger partial charge is 0.489 e. The van der Waals surface area contributed by atoms with E-state index in [1.54, 1.807) is 0 Å². The molecule has 1 aliphatic rings. The first-order valence-corrected chi connectivity index (χ1v) is 13.9. The second-order valence-corrected chi connectivity index (χ2v) is 10.7. The molecule has 1 aliphatic carbocycles. The highest BCUT2D eigenvalue weighted by Gasteiger charge is 2.32. The molecule has 0 bridgehead atoms. The third-order valence-corrected chi connectivity index (χ3v) is 7.57. The molecule has 0 saturated heterocycles. The van der Waals surface area contributed by atoms with Crippen LogP contribution in [-0.2, 0) is 16.8 Å². The second kappa shape index (κ2) is 15.5. The maximum Gasteiger partial charge on any atom is 0.133 e. The number of Topliss-reactive ketones (excluding diaryl/α,β-unsaturated/α-hetero) is 1. The van der Waals surface area contributed by atoms with Crippen molar-refractivity contribution in [3.63, 3.8) is 0 Å². The van der Waals surface area contributed by atoms with Gasteiger partial charge in [-0.05, 0) is 66.2 Å². The molecule has 3 rings (SSSR count). The van der Waals surface area contributed by atoms with Crippen LogP contribution < -0.4 is 4.74 Å². The summed E-state index contributed by atoms with van der Waals surface area (Å²) in [6, 6.07) is 17.2. The summed E-state index contributed by atoms with van der Waals surface area (Å²) in [6.07, 6.45) is 14.0. The number of ketones is 1. The Morgan fingerprint density at radius 3 is 2.50 bits per heavy atom. The third kappa shape index (κ3) is 8.80. The lowest BCUT2D eigenvalue weighted by molar-refractivity contribution is -0.121. The van der Waals surface area contributed by atoms with Crippen molar-refractivity contribution >= 4 is 5.78 Å². The van der Waals surface area contributed by atoms with Gasteiger partial charge in [-0.15, -0.1) is 13.2 Å². The number of carbonyl (C=O) groups is 1. The van der Waals surface area contributed by atoms with E-state index < -0.39 is 0 Å². The second-order valence-electron chi connectivity index (χ2n) is 10.7. The predicted octanol–water partition coefficient (Wildman–Crippen LogP) is 9.73. The Morgan fingerprint density at radius 1 is 1.06 bits per heavy atom. The van der Waals surface area contributed by atoms with Crippen LogP contribution in [0.5, 0.6) is 5.75 Å². The Morgan fingerprint density at radius 2 is 1.81 bits per heavy atom. The van der Waals surface area contributed by atoms with Crippen LogP contribution in [0.1, 0.15) is 108 Å². The van der Waals surface area contributed by atoms with Crippen molar-refractivity contribution in [1.29, 1.82) is 0 Å². The van der Waals surface area contributed by atoms with Crippen LogP contribution >= 0.6 is 0 Å². The van der Waals surface area contributed by atoms with Crippen molar-refractivity contribution in [3.05, 3.63) is 90.5 Å². The van der Waals surface area contributed by atoms with Crippen LogP contribution in [0, 0.1) is 5.92 Å². The molecule has 0 spiro atoms. The molecule has 2 aromatic carbocycles. The van der Waals surface area contributed by atoms with E-state index in [0.29, 0.717) is 31.1 Å². The van der Waals surface area contributed by atoms with Crippen molar-refractivity contribution in [2.45, 2.75) is 103 Å². The van der Waals surface area contributed by atoms with Gasteiger partial charge in [0.25, 0.3) is 0 Å². The van der Waals surface area contributed by atoms with Crippen LogP contribution in [0.25, 0.3) is 0 Å². The summed E-state index contributed by atoms with van der Waals surface area (Å²) < 4.78 is 6.51. The van der Waals surface area contributed by atoms with E-state index in [-0.39, 0.29) is 11.3 Å². The molecule has 1 fully saturated rings. The molecule has 0 unspecified atom stereocenters. The molecule has 0 aromatic heterocycles. The predicted molar refractivity (Wildman–Crippen MR) is 155 cm³/mol. The fourth-order valence-corrected chi connectivity index (χ4v) is 5.28. The van der Waals surface area contributed by atoms with Gasteiger partial charge in [-0.1, -0.05) is 101 Å². The molecule has 0 radical (unpaired) electrons. The summed E-state index contributed by atoms with van der Waals surface area (Å²) in [6.45, 7) is 15.6. The molecule has 196 valence electrons. The van der Waals surface area contributed by atoms with Crippen LogP contribution in [0.4, 0.5) is 0 Å². The van der Waals surface area contributed by atoms with Gasteiger partial charge < -0.3 is 4.74 Å². The zero-order valence-electron chi connectivity index (χ0n) is 23.2. The van der Waals surface area contributed by atoms with Gasteiger partial charge in [0, 0.05) is 12.8 Å². The lowest BCUT2D eigenvalue weighted by Crippen LogP contribution is -2.24. The molecule has 0 aliphatic heterocycles. The normalized spacial score (nSPS) is 18.1. The van der Waals surface area contributed by atoms with Crippen molar-refractivity contribution < 1.29 is 9.53 Å². The summed E-state index contributed by atoms with van der Waals surface area (Å²) in [5.74, 6) is 2.06. The molecule has 2 nitrogen and oxygen atoms in total. The number of benzene rings is 2. The van der Waals surface area contributed by atoms with Gasteiger partial charge in [-0.2, -0.15) is 0 Å². The quantitative estimate of drug-likeness (QED) is 0.219. The number of unbranched alkanes of at least 4 members (excludes halogenated alkanes) is 3. The van der Waals surface area contributed by atoms with Gasteiger partial charge in [-0.3, -0.25) is 4.79 Å². The first-order valence-electron chi connectivity index (χ1n) is 13.9. The zero-order valence-corrected chi connectivity index (χ0v) is 23.2. The van der Waals surface area contributed by atoms with E-state index in [1.165, 1.54) is 48.8 Å². The van der Waals surface area contributed by atoms with Crippen molar-refractivity contribution in [2.24, 2.45) is 5.92 Å². The number of ether oxygens (including phenoxy) is 1. The van der Waals surface area contributed by atoms with Crippen LogP contribution in [0.3, 0.4) is 0 Å². The smallest absolute Gasteiger partial charge is 0.133 e. The van der Waals surface area contributed by atoms with Gasteiger partial charge in [0.15, 0.2) is 0 Å². The van der Waals surface area contributed by atoms with Gasteiger partial charge in [0.1, 0.15) is 18.1 Å². The zero-order chi connectivity index (χ0) is 26.4. The fraction of sp³-hybridized carbons (Fsp3) is 0.500. The van der Waals surface area contributed by atoms with Gasteiger partial charge in [0.05, 0.1) is 0 Å². The standard InChI is InChI=1S/C32H44O2.C2H4/c1-5-7-9-13-21-32(3,4)27-18-20-29(30-23-28(33)19-17-26(30)16-8-6-2)31(22-27)34-24-25-14-11-10-12-15-25;1-2/h6,8,10-12,14-15,18,20,22,26,30H,5,7,9,13,16-17,19,21,23-24H2,1-4H3;1-2H2/b8-6+;/t26-,30-;/m0./s1. The van der Waals surface area contributed by atoms with Crippen LogP contribution in [0.15, 0.2) is 73.8 Å². The Kier molecular flexibility index (Phi) is 12.7. The minimum atomic E-state index is 0.101. The van der Waals surface area contributed by atoms with Gasteiger partial charge >= 0.3 is 0 Å². The van der Waals surface area contributed by atoms with Crippen molar-refractivity contribution in [3.8, 4) is 5.75 Å². The average Bonchev–Trinajstić information content (AvgIpc) is 2.91. The number of carbonyl (C=O) groups excluding carboxylic acids is 1. The topological polar surface area (TPSA) is 26.3 Å². The number of allylic oxidation sites excluding steroid dienone is 2. The van der Waals surface area contributed by atoms with Gasteiger partial charge in [-0.25, -0.2) is 0 Å². The molecule has 1 saturated carbocycles. The summed E-state index contributed by atoms with van der Waals surface area (Å²) in [5.41, 5.74) is 3.82. The molecule has 36 heavy (non-hydrogen) atoms. The monoisotopic (exact) mass is 488 g/mol. The Labute approximate surface area is 220 Å². The molecule has 2 aromatic rings. The highest BCUT2D eigenvalue weighted by atomic mass is 16.5. The molecule has 2 heteroatoms.